The number of nitrogens with zero attached hydrogens (tertiary/aromatic N) is 3. The van der Waals surface area contributed by atoms with Crippen LogP contribution < -0.4 is 4.90 Å². The number of halogens is 1. The number of methoxy groups -OCH3 is 1. The van der Waals surface area contributed by atoms with Crippen LogP contribution in [0.3, 0.4) is 0 Å². The topological polar surface area (TPSA) is 47.4 Å². The van der Waals surface area contributed by atoms with E-state index in [9.17, 15) is 9.18 Å². The molecule has 0 amide bonds. The fourth-order valence-corrected chi connectivity index (χ4v) is 3.49. The Kier molecular flexibility index (Phi) is 4.54. The van der Waals surface area contributed by atoms with E-state index in [2.05, 4.69) is 23.8 Å². The number of aryl methyl sites for hydroxylation is 1. The van der Waals surface area contributed by atoms with Gasteiger partial charge in [-0.25, -0.2) is 4.39 Å². The number of carbonyl (C=O) groups is 1. The fourth-order valence-electron chi connectivity index (χ4n) is 3.49. The molecule has 1 atom stereocenters. The monoisotopic (exact) mass is 345 g/mol. The van der Waals surface area contributed by atoms with E-state index < -0.39 is 0 Å². The number of carbonyl (C=O) groups excluding carboxylic acids is 1. The molecule has 0 aliphatic carbocycles. The van der Waals surface area contributed by atoms with Gasteiger partial charge in [0.05, 0.1) is 18.7 Å². The average molecular weight is 345 g/mol. The first-order chi connectivity index (χ1) is 11.8. The minimum Gasteiger partial charge on any atom is -0.469 e. The van der Waals surface area contributed by atoms with Gasteiger partial charge in [0.1, 0.15) is 11.5 Å². The molecule has 3 rings (SSSR count). The van der Waals surface area contributed by atoms with Crippen molar-refractivity contribution < 1.29 is 13.9 Å². The predicted octanol–water partition coefficient (Wildman–Crippen LogP) is 3.39. The van der Waals surface area contributed by atoms with E-state index in [4.69, 9.17) is 4.74 Å². The van der Waals surface area contributed by atoms with Gasteiger partial charge in [0.25, 0.3) is 0 Å². The van der Waals surface area contributed by atoms with E-state index in [0.717, 1.165) is 29.8 Å². The lowest BCUT2D eigenvalue weighted by Gasteiger charge is -2.46. The standard InChI is InChI=1S/C19H24FN3O2/c1-19(2)10-9-14(18(24)25-4)11-23(19)16-12-22(3)21-17(16)13-5-7-15(20)8-6-13/h5-8,12,14H,9-11H2,1-4H3. The number of piperidine rings is 1. The van der Waals surface area contributed by atoms with Crippen molar-refractivity contribution in [2.24, 2.45) is 13.0 Å². The molecule has 1 aromatic carbocycles. The molecule has 1 saturated heterocycles. The van der Waals surface area contributed by atoms with Crippen LogP contribution in [0.4, 0.5) is 10.1 Å². The van der Waals surface area contributed by atoms with Crippen molar-refractivity contribution in [3.8, 4) is 11.3 Å². The molecule has 1 fully saturated rings. The molecule has 25 heavy (non-hydrogen) atoms. The van der Waals surface area contributed by atoms with Gasteiger partial charge in [0.2, 0.25) is 0 Å². The summed E-state index contributed by atoms with van der Waals surface area (Å²) < 4.78 is 20.0. The van der Waals surface area contributed by atoms with Gasteiger partial charge in [-0.1, -0.05) is 0 Å². The molecule has 0 spiro atoms. The molecule has 1 aliphatic heterocycles. The van der Waals surface area contributed by atoms with E-state index in [1.807, 2.05) is 13.2 Å². The van der Waals surface area contributed by atoms with Gasteiger partial charge in [0, 0.05) is 30.9 Å². The number of hydrogen-bond donors (Lipinski definition) is 0. The van der Waals surface area contributed by atoms with E-state index in [-0.39, 0.29) is 23.2 Å². The lowest BCUT2D eigenvalue weighted by Crippen LogP contribution is -2.52. The Labute approximate surface area is 147 Å². The predicted molar refractivity (Wildman–Crippen MR) is 94.8 cm³/mol. The Bertz CT molecular complexity index is 767. The van der Waals surface area contributed by atoms with Crippen molar-refractivity contribution in [3.63, 3.8) is 0 Å². The van der Waals surface area contributed by atoms with Crippen LogP contribution in [-0.4, -0.2) is 34.9 Å². The highest BCUT2D eigenvalue weighted by atomic mass is 19.1. The Morgan fingerprint density at radius 1 is 1.32 bits per heavy atom. The van der Waals surface area contributed by atoms with Crippen LogP contribution in [0.2, 0.25) is 0 Å². The van der Waals surface area contributed by atoms with Gasteiger partial charge < -0.3 is 9.64 Å². The second-order valence-electron chi connectivity index (χ2n) is 7.23. The summed E-state index contributed by atoms with van der Waals surface area (Å²) in [4.78, 5) is 14.3. The zero-order chi connectivity index (χ0) is 18.2. The smallest absolute Gasteiger partial charge is 0.310 e. The molecule has 0 bridgehead atoms. The van der Waals surface area contributed by atoms with E-state index >= 15 is 0 Å². The van der Waals surface area contributed by atoms with E-state index in [1.54, 1.807) is 16.8 Å². The third-order valence-electron chi connectivity index (χ3n) is 4.99. The van der Waals surface area contributed by atoms with Crippen LogP contribution in [0.5, 0.6) is 0 Å². The Hall–Kier alpha value is -2.37. The molecule has 5 nitrogen and oxygen atoms in total. The average Bonchev–Trinajstić information content (AvgIpc) is 2.96. The largest absolute Gasteiger partial charge is 0.469 e. The minimum atomic E-state index is -0.273. The summed E-state index contributed by atoms with van der Waals surface area (Å²) in [6.07, 6.45) is 3.65. The van der Waals surface area contributed by atoms with Crippen molar-refractivity contribution in [2.75, 3.05) is 18.6 Å². The SMILES string of the molecule is COC(=O)C1CCC(C)(C)N(c2cn(C)nc2-c2ccc(F)cc2)C1. The van der Waals surface area contributed by atoms with Gasteiger partial charge in [-0.2, -0.15) is 5.10 Å². The minimum absolute atomic E-state index is 0.109. The molecule has 0 saturated carbocycles. The number of rotatable bonds is 3. The maximum atomic E-state index is 13.3. The van der Waals surface area contributed by atoms with Gasteiger partial charge in [-0.05, 0) is 51.0 Å². The molecular formula is C19H24FN3O2. The first-order valence-electron chi connectivity index (χ1n) is 8.47. The summed E-state index contributed by atoms with van der Waals surface area (Å²) in [5.41, 5.74) is 2.49. The van der Waals surface area contributed by atoms with E-state index in [0.29, 0.717) is 6.54 Å². The van der Waals surface area contributed by atoms with Crippen LogP contribution in [0, 0.1) is 11.7 Å². The van der Waals surface area contributed by atoms with Crippen molar-refractivity contribution in [2.45, 2.75) is 32.2 Å². The molecule has 1 aromatic heterocycles. The Morgan fingerprint density at radius 3 is 2.64 bits per heavy atom. The quantitative estimate of drug-likeness (QED) is 0.800. The number of aromatic nitrogens is 2. The maximum absolute atomic E-state index is 13.3. The van der Waals surface area contributed by atoms with Crippen LogP contribution in [-0.2, 0) is 16.6 Å². The van der Waals surface area contributed by atoms with Crippen molar-refractivity contribution >= 4 is 11.7 Å². The van der Waals surface area contributed by atoms with Gasteiger partial charge in [-0.3, -0.25) is 9.48 Å². The van der Waals surface area contributed by atoms with Crippen molar-refractivity contribution in [1.29, 1.82) is 0 Å². The number of ether oxygens (including phenoxy) is 1. The van der Waals surface area contributed by atoms with E-state index in [1.165, 1.54) is 19.2 Å². The molecule has 134 valence electrons. The summed E-state index contributed by atoms with van der Waals surface area (Å²) in [6, 6.07) is 6.34. The maximum Gasteiger partial charge on any atom is 0.310 e. The Balaban J connectivity index is 2.01. The lowest BCUT2D eigenvalue weighted by atomic mass is 9.84. The zero-order valence-corrected chi connectivity index (χ0v) is 15.1. The van der Waals surface area contributed by atoms with Crippen LogP contribution in [0.15, 0.2) is 30.5 Å². The highest BCUT2D eigenvalue weighted by molar-refractivity contribution is 5.78. The second kappa shape index (κ2) is 6.50. The number of anilines is 1. The summed E-state index contributed by atoms with van der Waals surface area (Å²) >= 11 is 0. The fraction of sp³-hybridized carbons (Fsp3) is 0.474. The third kappa shape index (κ3) is 3.38. The molecule has 0 radical (unpaired) electrons. The van der Waals surface area contributed by atoms with Gasteiger partial charge in [-0.15, -0.1) is 0 Å². The number of esters is 1. The summed E-state index contributed by atoms with van der Waals surface area (Å²) in [5.74, 6) is -0.600. The van der Waals surface area contributed by atoms with Crippen LogP contribution in [0.25, 0.3) is 11.3 Å². The number of hydrogen-bond acceptors (Lipinski definition) is 4. The first kappa shape index (κ1) is 17.5. The Morgan fingerprint density at radius 2 is 2.00 bits per heavy atom. The summed E-state index contributed by atoms with van der Waals surface area (Å²) in [7, 11) is 3.30. The summed E-state index contributed by atoms with van der Waals surface area (Å²) in [6.45, 7) is 4.92. The molecule has 1 unspecified atom stereocenters. The zero-order valence-electron chi connectivity index (χ0n) is 15.1. The van der Waals surface area contributed by atoms with Crippen molar-refractivity contribution in [1.82, 2.24) is 9.78 Å². The highest BCUT2D eigenvalue weighted by Gasteiger charge is 2.39. The van der Waals surface area contributed by atoms with Crippen molar-refractivity contribution in [3.05, 3.63) is 36.3 Å². The van der Waals surface area contributed by atoms with Crippen LogP contribution in [0.1, 0.15) is 26.7 Å². The number of benzene rings is 1. The molecule has 6 heteroatoms. The second-order valence-corrected chi connectivity index (χ2v) is 7.23. The van der Waals surface area contributed by atoms with Gasteiger partial charge in [0.15, 0.2) is 0 Å². The normalized spacial score (nSPS) is 19.7. The summed E-state index contributed by atoms with van der Waals surface area (Å²) in [5, 5.41) is 4.58. The molecule has 2 aromatic rings. The first-order valence-corrected chi connectivity index (χ1v) is 8.47. The van der Waals surface area contributed by atoms with Gasteiger partial charge >= 0.3 is 5.97 Å². The lowest BCUT2D eigenvalue weighted by molar-refractivity contribution is -0.146. The molecule has 1 aliphatic rings. The molecular weight excluding hydrogens is 321 g/mol. The molecule has 2 heterocycles. The molecule has 0 N–H and O–H groups in total. The van der Waals surface area contributed by atoms with Crippen LogP contribution >= 0.6 is 0 Å². The third-order valence-corrected chi connectivity index (χ3v) is 4.99. The highest BCUT2D eigenvalue weighted by Crippen LogP contribution is 2.39.